The number of hydrogen-bond donors (Lipinski definition) is 1. The Hall–Kier alpha value is -1.09. The summed E-state index contributed by atoms with van der Waals surface area (Å²) >= 11 is 5.99. The van der Waals surface area contributed by atoms with Crippen LogP contribution < -0.4 is 0 Å². The number of halogens is 2. The third kappa shape index (κ3) is 3.43. The largest absolute Gasteiger partial charge is 0.481 e. The topological polar surface area (TPSA) is 37.3 Å². The molecule has 0 radical (unpaired) electrons. The van der Waals surface area contributed by atoms with E-state index in [2.05, 4.69) is 0 Å². The van der Waals surface area contributed by atoms with Crippen LogP contribution in [0.1, 0.15) is 31.9 Å². The summed E-state index contributed by atoms with van der Waals surface area (Å²) in [7, 11) is 0. The van der Waals surface area contributed by atoms with Gasteiger partial charge in [-0.15, -0.1) is 0 Å². The van der Waals surface area contributed by atoms with Gasteiger partial charge in [0, 0.05) is 10.6 Å². The Morgan fingerprint density at radius 2 is 2.12 bits per heavy atom. The minimum absolute atomic E-state index is 0.276. The number of benzene rings is 1. The summed E-state index contributed by atoms with van der Waals surface area (Å²) in [5.41, 5.74) is -0.541. The molecule has 1 unspecified atom stereocenters. The van der Waals surface area contributed by atoms with Crippen molar-refractivity contribution in [3.8, 4) is 0 Å². The Bertz CT molecular complexity index is 424. The molecule has 0 aliphatic carbocycles. The Balaban J connectivity index is 3.16. The van der Waals surface area contributed by atoms with E-state index in [-0.39, 0.29) is 6.42 Å². The zero-order valence-corrected chi connectivity index (χ0v) is 10.9. The van der Waals surface area contributed by atoms with Crippen LogP contribution in [0.2, 0.25) is 5.02 Å². The summed E-state index contributed by atoms with van der Waals surface area (Å²) in [4.78, 5) is 10.8. The second kappa shape index (κ2) is 5.05. The van der Waals surface area contributed by atoms with Crippen molar-refractivity contribution >= 4 is 17.6 Å². The fraction of sp³-hybridized carbons (Fsp3) is 0.462. The van der Waals surface area contributed by atoms with Gasteiger partial charge in [0.1, 0.15) is 5.67 Å². The van der Waals surface area contributed by atoms with Gasteiger partial charge < -0.3 is 5.11 Å². The molecule has 0 saturated carbocycles. The predicted molar refractivity (Wildman–Crippen MR) is 66.1 cm³/mol. The lowest BCUT2D eigenvalue weighted by Crippen LogP contribution is -2.18. The standard InChI is InChI=1S/C13H16ClFO2/c1-8(12(16)17)7-9-5-4-6-10(14)11(9)13(2,3)15/h4-6,8H,7H2,1-3H3,(H,16,17). The van der Waals surface area contributed by atoms with Crippen molar-refractivity contribution in [3.05, 3.63) is 34.3 Å². The molecule has 0 amide bonds. The third-order valence-corrected chi connectivity index (χ3v) is 2.96. The maximum Gasteiger partial charge on any atom is 0.306 e. The lowest BCUT2D eigenvalue weighted by Gasteiger charge is -2.21. The van der Waals surface area contributed by atoms with Gasteiger partial charge in [0.25, 0.3) is 0 Å². The normalized spacial score (nSPS) is 13.5. The van der Waals surface area contributed by atoms with Crippen LogP contribution in [-0.4, -0.2) is 11.1 Å². The molecule has 0 heterocycles. The van der Waals surface area contributed by atoms with E-state index in [1.54, 1.807) is 25.1 Å². The van der Waals surface area contributed by atoms with Crippen LogP contribution in [0.25, 0.3) is 0 Å². The molecule has 0 saturated heterocycles. The number of rotatable bonds is 4. The van der Waals surface area contributed by atoms with Gasteiger partial charge in [0.2, 0.25) is 0 Å². The van der Waals surface area contributed by atoms with Gasteiger partial charge in [-0.25, -0.2) is 4.39 Å². The zero-order chi connectivity index (χ0) is 13.2. The average Bonchev–Trinajstić information content (AvgIpc) is 2.15. The molecule has 0 spiro atoms. The molecule has 0 aromatic heterocycles. The van der Waals surface area contributed by atoms with E-state index in [4.69, 9.17) is 16.7 Å². The molecule has 1 aromatic rings. The molecule has 0 bridgehead atoms. The maximum absolute atomic E-state index is 14.1. The average molecular weight is 259 g/mol. The van der Waals surface area contributed by atoms with Crippen LogP contribution in [0.5, 0.6) is 0 Å². The molecular formula is C13H16ClFO2. The van der Waals surface area contributed by atoms with Crippen LogP contribution in [0.15, 0.2) is 18.2 Å². The van der Waals surface area contributed by atoms with E-state index < -0.39 is 17.6 Å². The Morgan fingerprint density at radius 3 is 2.59 bits per heavy atom. The minimum atomic E-state index is -1.58. The molecule has 1 aromatic carbocycles. The molecule has 0 aliphatic heterocycles. The van der Waals surface area contributed by atoms with Crippen LogP contribution >= 0.6 is 11.6 Å². The lowest BCUT2D eigenvalue weighted by molar-refractivity contribution is -0.141. The van der Waals surface area contributed by atoms with Gasteiger partial charge in [-0.1, -0.05) is 30.7 Å². The fourth-order valence-corrected chi connectivity index (χ4v) is 2.24. The zero-order valence-electron chi connectivity index (χ0n) is 10.1. The molecule has 2 nitrogen and oxygen atoms in total. The number of carboxylic acids is 1. The first-order chi connectivity index (χ1) is 7.73. The second-order valence-corrected chi connectivity index (χ2v) is 5.10. The molecule has 1 N–H and O–H groups in total. The highest BCUT2D eigenvalue weighted by molar-refractivity contribution is 6.31. The summed E-state index contributed by atoms with van der Waals surface area (Å²) in [5, 5.41) is 9.22. The van der Waals surface area contributed by atoms with Gasteiger partial charge in [-0.3, -0.25) is 4.79 Å². The van der Waals surface area contributed by atoms with Crippen molar-refractivity contribution in [1.82, 2.24) is 0 Å². The SMILES string of the molecule is CC(Cc1cccc(Cl)c1C(C)(C)F)C(=O)O. The third-order valence-electron chi connectivity index (χ3n) is 2.64. The summed E-state index contributed by atoms with van der Waals surface area (Å²) in [6, 6.07) is 5.05. The number of alkyl halides is 1. The quantitative estimate of drug-likeness (QED) is 0.892. The fourth-order valence-electron chi connectivity index (χ4n) is 1.82. The molecular weight excluding hydrogens is 243 g/mol. The number of carboxylic acid groups (broad SMARTS) is 1. The van der Waals surface area contributed by atoms with Crippen LogP contribution in [0.3, 0.4) is 0 Å². The smallest absolute Gasteiger partial charge is 0.306 e. The van der Waals surface area contributed by atoms with E-state index in [0.717, 1.165) is 0 Å². The van der Waals surface area contributed by atoms with Gasteiger partial charge in [0.15, 0.2) is 0 Å². The first kappa shape index (κ1) is 14.0. The van der Waals surface area contributed by atoms with Crippen molar-refractivity contribution in [2.45, 2.75) is 32.9 Å². The lowest BCUT2D eigenvalue weighted by atomic mass is 9.89. The molecule has 17 heavy (non-hydrogen) atoms. The highest BCUT2D eigenvalue weighted by Crippen LogP contribution is 2.34. The van der Waals surface area contributed by atoms with Crippen LogP contribution in [0, 0.1) is 5.92 Å². The van der Waals surface area contributed by atoms with E-state index >= 15 is 0 Å². The summed E-state index contributed by atoms with van der Waals surface area (Å²) in [6.07, 6.45) is 0.276. The number of hydrogen-bond acceptors (Lipinski definition) is 1. The summed E-state index contributed by atoms with van der Waals surface area (Å²) in [5.74, 6) is -1.46. The molecule has 94 valence electrons. The number of aliphatic carboxylic acids is 1. The Labute approximate surface area is 105 Å². The minimum Gasteiger partial charge on any atom is -0.481 e. The van der Waals surface area contributed by atoms with E-state index in [1.807, 2.05) is 0 Å². The molecule has 1 rings (SSSR count). The van der Waals surface area contributed by atoms with Crippen molar-refractivity contribution in [2.75, 3.05) is 0 Å². The van der Waals surface area contributed by atoms with Crippen molar-refractivity contribution in [2.24, 2.45) is 5.92 Å². The summed E-state index contributed by atoms with van der Waals surface area (Å²) < 4.78 is 14.1. The second-order valence-electron chi connectivity index (χ2n) is 4.69. The summed E-state index contributed by atoms with van der Waals surface area (Å²) in [6.45, 7) is 4.44. The first-order valence-electron chi connectivity index (χ1n) is 5.43. The van der Waals surface area contributed by atoms with E-state index in [9.17, 15) is 9.18 Å². The molecule has 1 atom stereocenters. The van der Waals surface area contributed by atoms with Gasteiger partial charge in [-0.05, 0) is 31.9 Å². The Morgan fingerprint density at radius 1 is 1.53 bits per heavy atom. The Kier molecular flexibility index (Phi) is 4.15. The highest BCUT2D eigenvalue weighted by atomic mass is 35.5. The first-order valence-corrected chi connectivity index (χ1v) is 5.81. The van der Waals surface area contributed by atoms with Crippen molar-refractivity contribution in [1.29, 1.82) is 0 Å². The van der Waals surface area contributed by atoms with Gasteiger partial charge in [0.05, 0.1) is 5.92 Å². The molecule has 4 heteroatoms. The van der Waals surface area contributed by atoms with Crippen molar-refractivity contribution in [3.63, 3.8) is 0 Å². The number of carbonyl (C=O) groups is 1. The molecule has 0 fully saturated rings. The van der Waals surface area contributed by atoms with Crippen LogP contribution in [0.4, 0.5) is 4.39 Å². The van der Waals surface area contributed by atoms with Gasteiger partial charge in [-0.2, -0.15) is 0 Å². The van der Waals surface area contributed by atoms with E-state index in [0.29, 0.717) is 16.1 Å². The van der Waals surface area contributed by atoms with Crippen molar-refractivity contribution < 1.29 is 14.3 Å². The van der Waals surface area contributed by atoms with Crippen LogP contribution in [-0.2, 0) is 16.9 Å². The maximum atomic E-state index is 14.1. The van der Waals surface area contributed by atoms with Gasteiger partial charge >= 0.3 is 5.97 Å². The predicted octanol–water partition coefficient (Wildman–Crippen LogP) is 3.81. The molecule has 0 aliphatic rings. The monoisotopic (exact) mass is 258 g/mol. The highest BCUT2D eigenvalue weighted by Gasteiger charge is 2.26. The van der Waals surface area contributed by atoms with E-state index in [1.165, 1.54) is 13.8 Å².